The molecule has 1 atom stereocenters. The molecule has 0 saturated heterocycles. The van der Waals surface area contributed by atoms with Gasteiger partial charge in [-0.25, -0.2) is 0 Å². The molecule has 23 heavy (non-hydrogen) atoms. The second kappa shape index (κ2) is 8.53. The number of nitrogens with one attached hydrogen (secondary N) is 1. The summed E-state index contributed by atoms with van der Waals surface area (Å²) in [7, 11) is 0. The highest BCUT2D eigenvalue weighted by molar-refractivity contribution is 5.33. The number of nitro benzene ring substituents is 1. The smallest absolute Gasteiger partial charge is 0.269 e. The van der Waals surface area contributed by atoms with Crippen LogP contribution >= 0.6 is 0 Å². The topological polar surface area (TPSA) is 73.6 Å². The lowest BCUT2D eigenvalue weighted by atomic mass is 10.1. The van der Waals surface area contributed by atoms with E-state index in [0.29, 0.717) is 19.0 Å². The molecule has 6 heteroatoms. The predicted octanol–water partition coefficient (Wildman–Crippen LogP) is 3.94. The summed E-state index contributed by atoms with van der Waals surface area (Å²) >= 11 is 0. The zero-order valence-corrected chi connectivity index (χ0v) is 14.3. The van der Waals surface area contributed by atoms with E-state index >= 15 is 0 Å². The summed E-state index contributed by atoms with van der Waals surface area (Å²) in [6.07, 6.45) is 0.700. The lowest BCUT2D eigenvalue weighted by Crippen LogP contribution is -2.27. The fourth-order valence-corrected chi connectivity index (χ4v) is 2.06. The van der Waals surface area contributed by atoms with Crippen molar-refractivity contribution in [3.8, 4) is 0 Å². The highest BCUT2D eigenvalue weighted by Gasteiger charge is 2.13. The molecule has 0 aliphatic carbocycles. The van der Waals surface area contributed by atoms with Gasteiger partial charge in [0.25, 0.3) is 5.69 Å². The summed E-state index contributed by atoms with van der Waals surface area (Å²) in [5, 5.41) is 13.7. The lowest BCUT2D eigenvalue weighted by Gasteiger charge is -2.23. The quantitative estimate of drug-likeness (QED) is 0.323. The Morgan fingerprint density at radius 3 is 2.43 bits per heavy atom. The molecule has 0 aliphatic heterocycles. The van der Waals surface area contributed by atoms with E-state index in [2.05, 4.69) is 11.9 Å². The lowest BCUT2D eigenvalue weighted by molar-refractivity contribution is -0.384. The van der Waals surface area contributed by atoms with Crippen molar-refractivity contribution in [3.05, 3.63) is 52.4 Å². The van der Waals surface area contributed by atoms with Crippen molar-refractivity contribution >= 4 is 5.69 Å². The van der Waals surface area contributed by atoms with E-state index in [9.17, 15) is 10.1 Å². The van der Waals surface area contributed by atoms with E-state index in [-0.39, 0.29) is 17.4 Å². The highest BCUT2D eigenvalue weighted by Crippen LogP contribution is 2.23. The van der Waals surface area contributed by atoms with Crippen LogP contribution in [0.3, 0.4) is 0 Å². The van der Waals surface area contributed by atoms with Crippen LogP contribution in [0.5, 0.6) is 0 Å². The van der Waals surface area contributed by atoms with Crippen molar-refractivity contribution in [2.75, 3.05) is 13.2 Å². The van der Waals surface area contributed by atoms with Crippen LogP contribution in [0, 0.1) is 10.1 Å². The van der Waals surface area contributed by atoms with Gasteiger partial charge in [-0.1, -0.05) is 6.92 Å². The Bertz CT molecular complexity index is 520. The molecular weight excluding hydrogens is 296 g/mol. The second-order valence-electron chi connectivity index (χ2n) is 6.18. The minimum absolute atomic E-state index is 0.0842. The van der Waals surface area contributed by atoms with Crippen molar-refractivity contribution in [1.82, 2.24) is 5.32 Å². The average Bonchev–Trinajstić information content (AvgIpc) is 2.45. The number of ether oxygens (including phenoxy) is 2. The molecule has 0 heterocycles. The molecule has 0 spiro atoms. The molecule has 0 aromatic heterocycles. The van der Waals surface area contributed by atoms with E-state index in [4.69, 9.17) is 9.47 Å². The molecule has 0 radical (unpaired) electrons. The molecule has 1 aromatic carbocycles. The van der Waals surface area contributed by atoms with Gasteiger partial charge >= 0.3 is 0 Å². The zero-order valence-electron chi connectivity index (χ0n) is 14.3. The van der Waals surface area contributed by atoms with Crippen LogP contribution in [0.2, 0.25) is 0 Å². The second-order valence-corrected chi connectivity index (χ2v) is 6.18. The summed E-state index contributed by atoms with van der Waals surface area (Å²) in [6.45, 7) is 12.8. The Morgan fingerprint density at radius 1 is 1.35 bits per heavy atom. The Morgan fingerprint density at radius 2 is 1.96 bits per heavy atom. The van der Waals surface area contributed by atoms with Crippen molar-refractivity contribution < 1.29 is 14.4 Å². The van der Waals surface area contributed by atoms with Crippen LogP contribution in [-0.2, 0) is 9.47 Å². The minimum atomic E-state index is -0.406. The number of nitro groups is 1. The summed E-state index contributed by atoms with van der Waals surface area (Å²) in [5.74, 6) is 0.518. The monoisotopic (exact) mass is 322 g/mol. The molecule has 0 amide bonds. The number of hydrogen-bond donors (Lipinski definition) is 1. The molecule has 128 valence electrons. The fraction of sp³-hybridized carbons (Fsp3) is 0.529. The Kier molecular flexibility index (Phi) is 7.03. The van der Waals surface area contributed by atoms with Crippen molar-refractivity contribution in [2.45, 2.75) is 45.8 Å². The molecule has 0 fully saturated rings. The van der Waals surface area contributed by atoms with Gasteiger partial charge in [0.2, 0.25) is 0 Å². The molecule has 0 saturated carbocycles. The predicted molar refractivity (Wildman–Crippen MR) is 90.1 cm³/mol. The Hall–Kier alpha value is -2.08. The van der Waals surface area contributed by atoms with Crippen molar-refractivity contribution in [2.24, 2.45) is 0 Å². The standard InChI is InChI=1S/C17H26N2O4/c1-6-16(14-7-9-15(10-8-14)19(20)21)22-12-11-18-13(2)23-17(3,4)5/h7-10,16,18H,2,6,11-12H2,1,3-5H3/t16-/m1/s1. The van der Waals surface area contributed by atoms with Gasteiger partial charge in [-0.3, -0.25) is 10.1 Å². The molecule has 0 aliphatic rings. The van der Waals surface area contributed by atoms with E-state index in [1.54, 1.807) is 12.1 Å². The van der Waals surface area contributed by atoms with Gasteiger partial charge in [-0.05, 0) is 51.5 Å². The molecule has 1 aromatic rings. The number of non-ortho nitro benzene ring substituents is 1. The minimum Gasteiger partial charge on any atom is -0.474 e. The normalized spacial score (nSPS) is 12.5. The van der Waals surface area contributed by atoms with E-state index in [1.807, 2.05) is 27.7 Å². The zero-order chi connectivity index (χ0) is 17.5. The molecule has 0 unspecified atom stereocenters. The van der Waals surface area contributed by atoms with Gasteiger partial charge in [0.05, 0.1) is 17.6 Å². The third-order valence-electron chi connectivity index (χ3n) is 3.02. The van der Waals surface area contributed by atoms with Crippen LogP contribution in [0.1, 0.15) is 45.8 Å². The van der Waals surface area contributed by atoms with Gasteiger partial charge in [0, 0.05) is 18.7 Å². The van der Waals surface area contributed by atoms with Crippen molar-refractivity contribution in [3.63, 3.8) is 0 Å². The van der Waals surface area contributed by atoms with Crippen LogP contribution in [0.15, 0.2) is 36.7 Å². The van der Waals surface area contributed by atoms with E-state index in [1.165, 1.54) is 12.1 Å². The number of rotatable bonds is 9. The van der Waals surface area contributed by atoms with Gasteiger partial charge in [-0.2, -0.15) is 0 Å². The van der Waals surface area contributed by atoms with E-state index < -0.39 is 4.92 Å². The summed E-state index contributed by atoms with van der Waals surface area (Å²) in [6, 6.07) is 6.47. The third kappa shape index (κ3) is 7.15. The maximum Gasteiger partial charge on any atom is 0.269 e. The van der Waals surface area contributed by atoms with Gasteiger partial charge < -0.3 is 14.8 Å². The van der Waals surface area contributed by atoms with Crippen LogP contribution in [0.25, 0.3) is 0 Å². The summed E-state index contributed by atoms with van der Waals surface area (Å²) < 4.78 is 11.4. The third-order valence-corrected chi connectivity index (χ3v) is 3.02. The molecule has 0 bridgehead atoms. The maximum absolute atomic E-state index is 10.7. The largest absolute Gasteiger partial charge is 0.474 e. The summed E-state index contributed by atoms with van der Waals surface area (Å²) in [5.41, 5.74) is 0.735. The van der Waals surface area contributed by atoms with E-state index in [0.717, 1.165) is 12.0 Å². The van der Waals surface area contributed by atoms with Crippen LogP contribution < -0.4 is 5.32 Å². The first-order valence-electron chi connectivity index (χ1n) is 7.70. The average molecular weight is 322 g/mol. The Labute approximate surface area is 137 Å². The molecule has 6 nitrogen and oxygen atoms in total. The summed E-state index contributed by atoms with van der Waals surface area (Å²) in [4.78, 5) is 10.3. The number of nitrogens with zero attached hydrogens (tertiary/aromatic N) is 1. The first-order valence-corrected chi connectivity index (χ1v) is 7.70. The number of benzene rings is 1. The van der Waals surface area contributed by atoms with Crippen LogP contribution in [0.4, 0.5) is 5.69 Å². The molecule has 1 rings (SSSR count). The molecular formula is C17H26N2O4. The SMILES string of the molecule is C=C(NCCO[C@H](CC)c1ccc([N+](=O)[O-])cc1)OC(C)(C)C. The Balaban J connectivity index is 2.42. The first kappa shape index (κ1) is 19.0. The van der Waals surface area contributed by atoms with Gasteiger partial charge in [-0.15, -0.1) is 0 Å². The van der Waals surface area contributed by atoms with Gasteiger partial charge in [0.1, 0.15) is 5.60 Å². The fourth-order valence-electron chi connectivity index (χ4n) is 2.06. The first-order chi connectivity index (χ1) is 10.7. The van der Waals surface area contributed by atoms with Crippen molar-refractivity contribution in [1.29, 1.82) is 0 Å². The maximum atomic E-state index is 10.7. The van der Waals surface area contributed by atoms with Crippen LogP contribution in [-0.4, -0.2) is 23.7 Å². The molecule has 1 N–H and O–H groups in total. The highest BCUT2D eigenvalue weighted by atomic mass is 16.6. The number of hydrogen-bond acceptors (Lipinski definition) is 5. The van der Waals surface area contributed by atoms with Gasteiger partial charge in [0.15, 0.2) is 5.88 Å².